The van der Waals surface area contributed by atoms with E-state index in [1.165, 1.54) is 6.42 Å². The van der Waals surface area contributed by atoms with Gasteiger partial charge in [0.1, 0.15) is 5.75 Å². The number of aliphatic hydroxyl groups is 1. The number of benzene rings is 1. The summed E-state index contributed by atoms with van der Waals surface area (Å²) in [7, 11) is 1.90. The zero-order chi connectivity index (χ0) is 26.8. The lowest BCUT2D eigenvalue weighted by Crippen LogP contribution is -2.47. The van der Waals surface area contributed by atoms with Crippen molar-refractivity contribution in [1.29, 1.82) is 0 Å². The van der Waals surface area contributed by atoms with E-state index in [2.05, 4.69) is 17.6 Å². The van der Waals surface area contributed by atoms with Crippen molar-refractivity contribution >= 4 is 17.5 Å². The minimum atomic E-state index is -0.385. The van der Waals surface area contributed by atoms with Gasteiger partial charge in [-0.15, -0.1) is 0 Å². The molecule has 37 heavy (non-hydrogen) atoms. The predicted molar refractivity (Wildman–Crippen MR) is 146 cm³/mol. The summed E-state index contributed by atoms with van der Waals surface area (Å²) in [6, 6.07) is 4.97. The topological polar surface area (TPSA) is 100 Å². The Hall–Kier alpha value is -2.16. The standard InChI is InChI=1S/C29H47N3O5/c1-20-18-32(21(2)19-33)29(35)25-16-24(31-28(34)23-11-6-5-7-12-23)13-14-26(25)37-22(3)10-8-9-15-36-27(20)17-30-4/h13-14,16,20-23,27,30,33H,5-12,15,17-19H2,1-4H3,(H,31,34)/t20-,21-,22-,27-/m1/s1. The molecule has 2 amide bonds. The van der Waals surface area contributed by atoms with Crippen LogP contribution < -0.4 is 15.4 Å². The quantitative estimate of drug-likeness (QED) is 0.523. The van der Waals surface area contributed by atoms with Crippen LogP contribution in [0.4, 0.5) is 5.69 Å². The van der Waals surface area contributed by atoms with E-state index < -0.39 is 0 Å². The average Bonchev–Trinajstić information content (AvgIpc) is 2.90. The summed E-state index contributed by atoms with van der Waals surface area (Å²) >= 11 is 0. The van der Waals surface area contributed by atoms with Crippen molar-refractivity contribution in [2.75, 3.05) is 38.7 Å². The zero-order valence-corrected chi connectivity index (χ0v) is 23.1. The molecular formula is C29H47N3O5. The van der Waals surface area contributed by atoms with E-state index in [9.17, 15) is 14.7 Å². The molecule has 3 N–H and O–H groups in total. The van der Waals surface area contributed by atoms with E-state index in [0.717, 1.165) is 44.9 Å². The minimum absolute atomic E-state index is 0.0172. The molecule has 1 aliphatic carbocycles. The van der Waals surface area contributed by atoms with Gasteiger partial charge in [0, 0.05) is 37.2 Å². The van der Waals surface area contributed by atoms with Gasteiger partial charge in [-0.25, -0.2) is 0 Å². The average molecular weight is 518 g/mol. The summed E-state index contributed by atoms with van der Waals surface area (Å²) < 4.78 is 12.5. The van der Waals surface area contributed by atoms with E-state index in [1.807, 2.05) is 27.0 Å². The second-order valence-electron chi connectivity index (χ2n) is 10.9. The lowest BCUT2D eigenvalue weighted by Gasteiger charge is -2.34. The summed E-state index contributed by atoms with van der Waals surface area (Å²) in [4.78, 5) is 28.7. The second kappa shape index (κ2) is 14.7. The monoisotopic (exact) mass is 517 g/mol. The van der Waals surface area contributed by atoms with Crippen molar-refractivity contribution in [2.24, 2.45) is 11.8 Å². The maximum absolute atomic E-state index is 14.0. The van der Waals surface area contributed by atoms with Crippen LogP contribution >= 0.6 is 0 Å². The summed E-state index contributed by atoms with van der Waals surface area (Å²) in [6.45, 7) is 7.57. The Balaban J connectivity index is 1.93. The Kier molecular flexibility index (Phi) is 11.7. The zero-order valence-electron chi connectivity index (χ0n) is 23.1. The molecule has 2 aliphatic rings. The fourth-order valence-electron chi connectivity index (χ4n) is 5.30. The van der Waals surface area contributed by atoms with Gasteiger partial charge >= 0.3 is 0 Å². The van der Waals surface area contributed by atoms with Crippen LogP contribution in [0.15, 0.2) is 18.2 Å². The first-order valence-electron chi connectivity index (χ1n) is 14.1. The number of rotatable bonds is 6. The van der Waals surface area contributed by atoms with Crippen molar-refractivity contribution in [3.05, 3.63) is 23.8 Å². The van der Waals surface area contributed by atoms with E-state index in [1.54, 1.807) is 17.0 Å². The number of anilines is 1. The Labute approximate surface area is 222 Å². The molecule has 0 spiro atoms. The third kappa shape index (κ3) is 8.42. The molecule has 1 fully saturated rings. The van der Waals surface area contributed by atoms with Crippen LogP contribution in [0, 0.1) is 11.8 Å². The van der Waals surface area contributed by atoms with Crippen molar-refractivity contribution in [3.63, 3.8) is 0 Å². The molecule has 8 heteroatoms. The number of carbonyl (C=O) groups is 2. The number of nitrogens with zero attached hydrogens (tertiary/aromatic N) is 1. The third-order valence-corrected chi connectivity index (χ3v) is 7.70. The predicted octanol–water partition coefficient (Wildman–Crippen LogP) is 4.22. The first-order chi connectivity index (χ1) is 17.8. The number of amides is 2. The number of hydrogen-bond donors (Lipinski definition) is 3. The molecule has 0 unspecified atom stereocenters. The van der Waals surface area contributed by atoms with Gasteiger partial charge in [0.05, 0.1) is 30.4 Å². The summed E-state index contributed by atoms with van der Waals surface area (Å²) in [5.74, 6) is 0.375. The highest BCUT2D eigenvalue weighted by Crippen LogP contribution is 2.30. The van der Waals surface area contributed by atoms with Crippen LogP contribution in [0.5, 0.6) is 5.75 Å². The number of hydrogen-bond acceptors (Lipinski definition) is 6. The molecule has 4 atom stereocenters. The second-order valence-corrected chi connectivity index (χ2v) is 10.9. The molecule has 0 radical (unpaired) electrons. The largest absolute Gasteiger partial charge is 0.490 e. The summed E-state index contributed by atoms with van der Waals surface area (Å²) in [5.41, 5.74) is 1.00. The first-order valence-corrected chi connectivity index (χ1v) is 14.1. The van der Waals surface area contributed by atoms with Gasteiger partial charge in [0.2, 0.25) is 5.91 Å². The maximum atomic E-state index is 14.0. The number of aliphatic hydroxyl groups excluding tert-OH is 1. The van der Waals surface area contributed by atoms with Crippen LogP contribution in [-0.4, -0.2) is 73.4 Å². The van der Waals surface area contributed by atoms with Crippen LogP contribution in [0.25, 0.3) is 0 Å². The van der Waals surface area contributed by atoms with Gasteiger partial charge in [-0.3, -0.25) is 9.59 Å². The molecule has 3 rings (SSSR count). The Bertz CT molecular complexity index is 873. The van der Waals surface area contributed by atoms with Crippen LogP contribution in [0.2, 0.25) is 0 Å². The smallest absolute Gasteiger partial charge is 0.258 e. The number of ether oxygens (including phenoxy) is 2. The van der Waals surface area contributed by atoms with E-state index >= 15 is 0 Å². The summed E-state index contributed by atoms with van der Waals surface area (Å²) in [5, 5.41) is 16.3. The molecule has 1 aliphatic heterocycles. The van der Waals surface area contributed by atoms with Crippen molar-refractivity contribution in [2.45, 2.75) is 90.4 Å². The molecule has 208 valence electrons. The highest BCUT2D eigenvalue weighted by Gasteiger charge is 2.30. The van der Waals surface area contributed by atoms with E-state index in [-0.39, 0.29) is 48.5 Å². The lowest BCUT2D eigenvalue weighted by atomic mass is 9.88. The molecule has 1 heterocycles. The van der Waals surface area contributed by atoms with Crippen LogP contribution in [0.3, 0.4) is 0 Å². The van der Waals surface area contributed by atoms with Crippen molar-refractivity contribution < 1.29 is 24.2 Å². The fraction of sp³-hybridized carbons (Fsp3) is 0.724. The minimum Gasteiger partial charge on any atom is -0.490 e. The van der Waals surface area contributed by atoms with Crippen molar-refractivity contribution in [3.8, 4) is 5.75 Å². The van der Waals surface area contributed by atoms with Crippen molar-refractivity contribution in [1.82, 2.24) is 10.2 Å². The molecule has 8 nitrogen and oxygen atoms in total. The molecule has 0 bridgehead atoms. The molecule has 1 aromatic rings. The SMILES string of the molecule is CNC[C@H]1OCCCC[C@@H](C)Oc2ccc(NC(=O)C3CCCCC3)cc2C(=O)N([C@H](C)CO)C[C@H]1C. The van der Waals surface area contributed by atoms with Gasteiger partial charge in [0.15, 0.2) is 0 Å². The highest BCUT2D eigenvalue weighted by atomic mass is 16.5. The number of likely N-dealkylation sites (N-methyl/N-ethyl adjacent to an activating group) is 1. The lowest BCUT2D eigenvalue weighted by molar-refractivity contribution is -0.120. The Morgan fingerprint density at radius 1 is 1.14 bits per heavy atom. The Morgan fingerprint density at radius 3 is 2.57 bits per heavy atom. The van der Waals surface area contributed by atoms with E-state index in [4.69, 9.17) is 9.47 Å². The molecular weight excluding hydrogens is 470 g/mol. The number of fused-ring (bicyclic) bond motifs is 1. The summed E-state index contributed by atoms with van der Waals surface area (Å²) in [6.07, 6.45) is 7.79. The molecule has 1 aromatic carbocycles. The Morgan fingerprint density at radius 2 is 1.86 bits per heavy atom. The van der Waals surface area contributed by atoms with Gasteiger partial charge in [-0.05, 0) is 71.2 Å². The van der Waals surface area contributed by atoms with Gasteiger partial charge < -0.3 is 30.1 Å². The van der Waals surface area contributed by atoms with Gasteiger partial charge in [-0.2, -0.15) is 0 Å². The van der Waals surface area contributed by atoms with Gasteiger partial charge in [-0.1, -0.05) is 26.2 Å². The maximum Gasteiger partial charge on any atom is 0.258 e. The van der Waals surface area contributed by atoms with Crippen LogP contribution in [0.1, 0.15) is 82.5 Å². The fourth-order valence-corrected chi connectivity index (χ4v) is 5.30. The van der Waals surface area contributed by atoms with Crippen LogP contribution in [-0.2, 0) is 9.53 Å². The van der Waals surface area contributed by atoms with E-state index in [0.29, 0.717) is 36.7 Å². The molecule has 0 aromatic heterocycles. The molecule has 1 saturated carbocycles. The normalized spacial score (nSPS) is 25.5. The van der Waals surface area contributed by atoms with Gasteiger partial charge in [0.25, 0.3) is 5.91 Å². The number of nitrogens with one attached hydrogen (secondary N) is 2. The highest BCUT2D eigenvalue weighted by molar-refractivity contribution is 6.00. The first kappa shape index (κ1) is 29.4. The molecule has 0 saturated heterocycles. The number of carbonyl (C=O) groups excluding carboxylic acids is 2. The third-order valence-electron chi connectivity index (χ3n) is 7.70.